The minimum Gasteiger partial charge on any atom is -0.311 e. The summed E-state index contributed by atoms with van der Waals surface area (Å²) in [6.45, 7) is 5.96. The van der Waals surface area contributed by atoms with Gasteiger partial charge in [-0.15, -0.1) is 0 Å². The highest BCUT2D eigenvalue weighted by Crippen LogP contribution is 2.26. The van der Waals surface area contributed by atoms with Crippen molar-refractivity contribution in [2.24, 2.45) is 0 Å². The summed E-state index contributed by atoms with van der Waals surface area (Å²) in [4.78, 5) is 4.94. The molecule has 1 aliphatic carbocycles. The van der Waals surface area contributed by atoms with Crippen molar-refractivity contribution >= 4 is 0 Å². The van der Waals surface area contributed by atoms with E-state index >= 15 is 0 Å². The van der Waals surface area contributed by atoms with E-state index in [1.54, 1.807) is 0 Å². The van der Waals surface area contributed by atoms with E-state index in [1.165, 1.54) is 32.4 Å². The van der Waals surface area contributed by atoms with E-state index in [0.29, 0.717) is 6.04 Å². The molecule has 0 aromatic carbocycles. The van der Waals surface area contributed by atoms with Gasteiger partial charge in [-0.3, -0.25) is 4.90 Å². The van der Waals surface area contributed by atoms with Gasteiger partial charge in [0.25, 0.3) is 0 Å². The van der Waals surface area contributed by atoms with Crippen LogP contribution >= 0.6 is 0 Å². The third kappa shape index (κ3) is 3.16. The fourth-order valence-corrected chi connectivity index (χ4v) is 2.42. The van der Waals surface area contributed by atoms with Crippen LogP contribution in [-0.2, 0) is 0 Å². The molecule has 1 saturated carbocycles. The quantitative estimate of drug-likeness (QED) is 0.724. The van der Waals surface area contributed by atoms with Crippen LogP contribution in [0, 0.1) is 0 Å². The molecule has 2 unspecified atom stereocenters. The van der Waals surface area contributed by atoms with Gasteiger partial charge in [-0.05, 0) is 46.8 Å². The maximum absolute atomic E-state index is 3.69. The molecule has 15 heavy (non-hydrogen) atoms. The average Bonchev–Trinajstić information content (AvgIpc) is 2.98. The van der Waals surface area contributed by atoms with E-state index in [0.717, 1.165) is 18.6 Å². The van der Waals surface area contributed by atoms with Gasteiger partial charge in [0.15, 0.2) is 0 Å². The molecule has 0 spiro atoms. The Bertz CT molecular complexity index is 203. The molecule has 2 rings (SSSR count). The highest BCUT2D eigenvalue weighted by atomic mass is 15.2. The lowest BCUT2D eigenvalue weighted by molar-refractivity contribution is 0.235. The highest BCUT2D eigenvalue weighted by molar-refractivity contribution is 4.87. The molecular formula is C12H25N3. The maximum atomic E-state index is 3.69. The van der Waals surface area contributed by atoms with Gasteiger partial charge in [0.2, 0.25) is 0 Å². The molecule has 0 aromatic rings. The Morgan fingerprint density at radius 1 is 1.40 bits per heavy atom. The third-order valence-corrected chi connectivity index (χ3v) is 3.91. The first-order valence-corrected chi connectivity index (χ1v) is 6.30. The molecule has 3 heteroatoms. The fraction of sp³-hybridized carbons (Fsp3) is 1.00. The van der Waals surface area contributed by atoms with Crippen LogP contribution in [0.5, 0.6) is 0 Å². The number of nitrogens with zero attached hydrogens (tertiary/aromatic N) is 2. The Morgan fingerprint density at radius 3 is 2.67 bits per heavy atom. The summed E-state index contributed by atoms with van der Waals surface area (Å²) in [5.41, 5.74) is 0. The first-order valence-electron chi connectivity index (χ1n) is 6.30. The monoisotopic (exact) mass is 211 g/mol. The summed E-state index contributed by atoms with van der Waals surface area (Å²) >= 11 is 0. The summed E-state index contributed by atoms with van der Waals surface area (Å²) in [6, 6.07) is 2.29. The zero-order valence-corrected chi connectivity index (χ0v) is 10.4. The van der Waals surface area contributed by atoms with Crippen LogP contribution in [0.15, 0.2) is 0 Å². The minimum atomic E-state index is 0.684. The number of hydrogen-bond donors (Lipinski definition) is 1. The van der Waals surface area contributed by atoms with Crippen molar-refractivity contribution in [3.63, 3.8) is 0 Å². The van der Waals surface area contributed by atoms with Crippen LogP contribution in [-0.4, -0.2) is 61.7 Å². The lowest BCUT2D eigenvalue weighted by Gasteiger charge is -2.26. The maximum Gasteiger partial charge on any atom is 0.0207 e. The number of hydrogen-bond acceptors (Lipinski definition) is 3. The Labute approximate surface area is 93.8 Å². The van der Waals surface area contributed by atoms with Crippen LogP contribution in [0.25, 0.3) is 0 Å². The lowest BCUT2D eigenvalue weighted by Crippen LogP contribution is -2.43. The van der Waals surface area contributed by atoms with Crippen molar-refractivity contribution in [2.45, 2.75) is 44.3 Å². The summed E-state index contributed by atoms with van der Waals surface area (Å²) < 4.78 is 0. The van der Waals surface area contributed by atoms with Crippen molar-refractivity contribution in [3.05, 3.63) is 0 Å². The van der Waals surface area contributed by atoms with Gasteiger partial charge in [0.1, 0.15) is 0 Å². The van der Waals surface area contributed by atoms with Gasteiger partial charge in [-0.2, -0.15) is 0 Å². The summed E-state index contributed by atoms with van der Waals surface area (Å²) in [5.74, 6) is 0. The summed E-state index contributed by atoms with van der Waals surface area (Å²) in [5, 5.41) is 3.69. The van der Waals surface area contributed by atoms with E-state index in [1.807, 2.05) is 0 Å². The summed E-state index contributed by atoms with van der Waals surface area (Å²) in [7, 11) is 4.48. The van der Waals surface area contributed by atoms with Crippen LogP contribution in [0.2, 0.25) is 0 Å². The molecule has 3 nitrogen and oxygen atoms in total. The normalized spacial score (nSPS) is 30.0. The van der Waals surface area contributed by atoms with Crippen molar-refractivity contribution in [2.75, 3.05) is 33.7 Å². The summed E-state index contributed by atoms with van der Waals surface area (Å²) in [6.07, 6.45) is 4.14. The van der Waals surface area contributed by atoms with E-state index < -0.39 is 0 Å². The average molecular weight is 211 g/mol. The predicted molar refractivity (Wildman–Crippen MR) is 64.2 cm³/mol. The van der Waals surface area contributed by atoms with Gasteiger partial charge in [-0.1, -0.05) is 0 Å². The van der Waals surface area contributed by atoms with E-state index in [2.05, 4.69) is 36.1 Å². The standard InChI is InChI=1S/C12H25N3/c1-10(15(3)12-4-5-12)8-13-11-6-7-14(2)9-11/h10-13H,4-9H2,1-3H3. The number of rotatable bonds is 5. The van der Waals surface area contributed by atoms with Crippen molar-refractivity contribution < 1.29 is 0 Å². The van der Waals surface area contributed by atoms with Crippen molar-refractivity contribution in [1.29, 1.82) is 0 Å². The number of nitrogens with one attached hydrogen (secondary N) is 1. The molecular weight excluding hydrogens is 186 g/mol. The second kappa shape index (κ2) is 4.81. The number of likely N-dealkylation sites (N-methyl/N-ethyl adjacent to an activating group) is 2. The molecule has 2 aliphatic rings. The zero-order chi connectivity index (χ0) is 10.8. The zero-order valence-electron chi connectivity index (χ0n) is 10.4. The Kier molecular flexibility index (Phi) is 3.65. The first-order chi connectivity index (χ1) is 7.16. The smallest absolute Gasteiger partial charge is 0.0207 e. The van der Waals surface area contributed by atoms with Gasteiger partial charge < -0.3 is 10.2 Å². The molecule has 1 aliphatic heterocycles. The van der Waals surface area contributed by atoms with Crippen LogP contribution < -0.4 is 5.32 Å². The molecule has 2 fully saturated rings. The predicted octanol–water partition coefficient (Wildman–Crippen LogP) is 0.763. The van der Waals surface area contributed by atoms with E-state index in [9.17, 15) is 0 Å². The van der Waals surface area contributed by atoms with Crippen LogP contribution in [0.1, 0.15) is 26.2 Å². The lowest BCUT2D eigenvalue weighted by atomic mass is 10.2. The Morgan fingerprint density at radius 2 is 2.13 bits per heavy atom. The first kappa shape index (κ1) is 11.4. The minimum absolute atomic E-state index is 0.684. The Hall–Kier alpha value is -0.120. The molecule has 88 valence electrons. The van der Waals surface area contributed by atoms with Crippen molar-refractivity contribution in [1.82, 2.24) is 15.1 Å². The molecule has 1 N–H and O–H groups in total. The highest BCUT2D eigenvalue weighted by Gasteiger charge is 2.29. The van der Waals surface area contributed by atoms with E-state index in [-0.39, 0.29) is 0 Å². The molecule has 0 aromatic heterocycles. The van der Waals surface area contributed by atoms with Gasteiger partial charge in [0.05, 0.1) is 0 Å². The number of likely N-dealkylation sites (tertiary alicyclic amines) is 1. The van der Waals surface area contributed by atoms with Crippen molar-refractivity contribution in [3.8, 4) is 0 Å². The molecule has 0 bridgehead atoms. The molecule has 0 radical (unpaired) electrons. The molecule has 2 atom stereocenters. The van der Waals surface area contributed by atoms with Crippen LogP contribution in [0.4, 0.5) is 0 Å². The van der Waals surface area contributed by atoms with E-state index in [4.69, 9.17) is 0 Å². The third-order valence-electron chi connectivity index (χ3n) is 3.91. The second-order valence-corrected chi connectivity index (χ2v) is 5.40. The Balaban J connectivity index is 1.64. The van der Waals surface area contributed by atoms with Gasteiger partial charge in [0, 0.05) is 31.2 Å². The SMILES string of the molecule is CC(CNC1CCN(C)C1)N(C)C1CC1. The van der Waals surface area contributed by atoms with Gasteiger partial charge >= 0.3 is 0 Å². The largest absolute Gasteiger partial charge is 0.311 e. The molecule has 0 amide bonds. The second-order valence-electron chi connectivity index (χ2n) is 5.40. The van der Waals surface area contributed by atoms with Crippen LogP contribution in [0.3, 0.4) is 0 Å². The fourth-order valence-electron chi connectivity index (χ4n) is 2.42. The van der Waals surface area contributed by atoms with Gasteiger partial charge in [-0.25, -0.2) is 0 Å². The molecule has 1 heterocycles. The topological polar surface area (TPSA) is 18.5 Å². The molecule has 1 saturated heterocycles.